The maximum absolute atomic E-state index is 6.15. The monoisotopic (exact) mass is 319 g/mol. The second-order valence-corrected chi connectivity index (χ2v) is 5.28. The molecule has 0 aliphatic rings. The highest BCUT2D eigenvalue weighted by molar-refractivity contribution is 6.31. The van der Waals surface area contributed by atoms with Gasteiger partial charge in [-0.15, -0.1) is 0 Å². The second-order valence-electron chi connectivity index (χ2n) is 4.87. The van der Waals surface area contributed by atoms with E-state index in [1.54, 1.807) is 0 Å². The second kappa shape index (κ2) is 8.66. The molecule has 22 heavy (non-hydrogen) atoms. The Labute approximate surface area is 137 Å². The summed E-state index contributed by atoms with van der Waals surface area (Å²) in [6.45, 7) is 6.84. The SMILES string of the molecule is CCNCc1ccc(OCc2ccccc2Cl)c(OCC)c1. The largest absolute Gasteiger partial charge is 0.490 e. The Morgan fingerprint density at radius 2 is 1.82 bits per heavy atom. The number of rotatable bonds is 8. The first-order valence-corrected chi connectivity index (χ1v) is 7.95. The molecule has 0 spiro atoms. The van der Waals surface area contributed by atoms with Gasteiger partial charge < -0.3 is 14.8 Å². The van der Waals surface area contributed by atoms with Crippen molar-refractivity contribution in [1.82, 2.24) is 5.32 Å². The zero-order valence-electron chi connectivity index (χ0n) is 13.1. The van der Waals surface area contributed by atoms with Crippen molar-refractivity contribution in [3.63, 3.8) is 0 Å². The molecular formula is C18H22ClNO2. The van der Waals surface area contributed by atoms with E-state index in [0.717, 1.165) is 30.2 Å². The van der Waals surface area contributed by atoms with Crippen molar-refractivity contribution in [3.05, 3.63) is 58.6 Å². The summed E-state index contributed by atoms with van der Waals surface area (Å²) in [6, 6.07) is 13.7. The fourth-order valence-corrected chi connectivity index (χ4v) is 2.28. The van der Waals surface area contributed by atoms with Crippen molar-refractivity contribution < 1.29 is 9.47 Å². The van der Waals surface area contributed by atoms with Crippen molar-refractivity contribution >= 4 is 11.6 Å². The van der Waals surface area contributed by atoms with Gasteiger partial charge in [0.05, 0.1) is 6.61 Å². The zero-order valence-corrected chi connectivity index (χ0v) is 13.8. The minimum absolute atomic E-state index is 0.423. The fourth-order valence-electron chi connectivity index (χ4n) is 2.09. The molecule has 3 nitrogen and oxygen atoms in total. The number of hydrogen-bond acceptors (Lipinski definition) is 3. The van der Waals surface area contributed by atoms with Gasteiger partial charge in [-0.05, 0) is 37.2 Å². The van der Waals surface area contributed by atoms with E-state index in [9.17, 15) is 0 Å². The van der Waals surface area contributed by atoms with Gasteiger partial charge in [-0.25, -0.2) is 0 Å². The third-order valence-corrected chi connectivity index (χ3v) is 3.60. The Morgan fingerprint density at radius 1 is 1.00 bits per heavy atom. The third kappa shape index (κ3) is 4.65. The Balaban J connectivity index is 2.10. The minimum atomic E-state index is 0.423. The normalized spacial score (nSPS) is 10.5. The van der Waals surface area contributed by atoms with Crippen LogP contribution in [0.4, 0.5) is 0 Å². The Hall–Kier alpha value is -1.71. The van der Waals surface area contributed by atoms with Crippen LogP contribution in [-0.4, -0.2) is 13.2 Å². The van der Waals surface area contributed by atoms with Crippen LogP contribution in [0.5, 0.6) is 11.5 Å². The van der Waals surface area contributed by atoms with Crippen molar-refractivity contribution in [2.75, 3.05) is 13.2 Å². The molecule has 0 radical (unpaired) electrons. The van der Waals surface area contributed by atoms with E-state index in [0.29, 0.717) is 18.2 Å². The van der Waals surface area contributed by atoms with Crippen molar-refractivity contribution in [1.29, 1.82) is 0 Å². The number of ether oxygens (including phenoxy) is 2. The highest BCUT2D eigenvalue weighted by Gasteiger charge is 2.08. The van der Waals surface area contributed by atoms with Gasteiger partial charge in [-0.3, -0.25) is 0 Å². The van der Waals surface area contributed by atoms with Gasteiger partial charge >= 0.3 is 0 Å². The van der Waals surface area contributed by atoms with Crippen LogP contribution in [0.15, 0.2) is 42.5 Å². The van der Waals surface area contributed by atoms with Crippen LogP contribution in [0.2, 0.25) is 5.02 Å². The van der Waals surface area contributed by atoms with Crippen molar-refractivity contribution in [3.8, 4) is 11.5 Å². The lowest BCUT2D eigenvalue weighted by atomic mass is 10.2. The number of benzene rings is 2. The third-order valence-electron chi connectivity index (χ3n) is 3.23. The molecule has 2 rings (SSSR count). The van der Waals surface area contributed by atoms with Crippen molar-refractivity contribution in [2.24, 2.45) is 0 Å². The maximum atomic E-state index is 6.15. The Kier molecular flexibility index (Phi) is 6.56. The first-order chi connectivity index (χ1) is 10.7. The quantitative estimate of drug-likeness (QED) is 0.781. The predicted molar refractivity (Wildman–Crippen MR) is 90.8 cm³/mol. The fraction of sp³-hybridized carbons (Fsp3) is 0.333. The van der Waals surface area contributed by atoms with Gasteiger partial charge in [0, 0.05) is 17.1 Å². The molecule has 0 amide bonds. The summed E-state index contributed by atoms with van der Waals surface area (Å²) in [5, 5.41) is 4.02. The molecule has 4 heteroatoms. The number of hydrogen-bond donors (Lipinski definition) is 1. The number of halogens is 1. The van der Waals surface area contributed by atoms with E-state index in [1.165, 1.54) is 5.56 Å². The summed E-state index contributed by atoms with van der Waals surface area (Å²) in [5.41, 5.74) is 2.14. The van der Waals surface area contributed by atoms with Crippen LogP contribution in [-0.2, 0) is 13.2 Å². The van der Waals surface area contributed by atoms with Crippen molar-refractivity contribution in [2.45, 2.75) is 27.0 Å². The maximum Gasteiger partial charge on any atom is 0.161 e. The average molecular weight is 320 g/mol. The van der Waals surface area contributed by atoms with Gasteiger partial charge in [0.15, 0.2) is 11.5 Å². The van der Waals surface area contributed by atoms with Gasteiger partial charge in [-0.1, -0.05) is 42.8 Å². The highest BCUT2D eigenvalue weighted by Crippen LogP contribution is 2.30. The smallest absolute Gasteiger partial charge is 0.161 e. The van der Waals surface area contributed by atoms with Gasteiger partial charge in [0.2, 0.25) is 0 Å². The summed E-state index contributed by atoms with van der Waals surface area (Å²) in [7, 11) is 0. The van der Waals surface area contributed by atoms with E-state index in [2.05, 4.69) is 12.2 Å². The predicted octanol–water partition coefficient (Wildman–Crippen LogP) is 4.43. The molecule has 0 aliphatic heterocycles. The molecule has 0 heterocycles. The van der Waals surface area contributed by atoms with E-state index < -0.39 is 0 Å². The zero-order chi connectivity index (χ0) is 15.8. The molecule has 0 aromatic heterocycles. The van der Waals surface area contributed by atoms with Crippen LogP contribution in [0.1, 0.15) is 25.0 Å². The first-order valence-electron chi connectivity index (χ1n) is 7.57. The molecule has 0 fully saturated rings. The molecule has 0 unspecified atom stereocenters. The summed E-state index contributed by atoms with van der Waals surface area (Å²) in [5.74, 6) is 1.51. The highest BCUT2D eigenvalue weighted by atomic mass is 35.5. The molecule has 2 aromatic rings. The standard InChI is InChI=1S/C18H22ClNO2/c1-3-20-12-14-9-10-17(18(11-14)21-4-2)22-13-15-7-5-6-8-16(15)19/h5-11,20H,3-4,12-13H2,1-2H3. The minimum Gasteiger partial charge on any atom is -0.490 e. The van der Waals surface area contributed by atoms with E-state index in [1.807, 2.05) is 49.4 Å². The molecule has 1 N–H and O–H groups in total. The van der Waals surface area contributed by atoms with Gasteiger partial charge in [0.25, 0.3) is 0 Å². The van der Waals surface area contributed by atoms with Crippen LogP contribution in [0, 0.1) is 0 Å². The van der Waals surface area contributed by atoms with Crippen LogP contribution >= 0.6 is 11.6 Å². The molecule has 2 aromatic carbocycles. The molecular weight excluding hydrogens is 298 g/mol. The lowest BCUT2D eigenvalue weighted by molar-refractivity contribution is 0.269. The van der Waals surface area contributed by atoms with Crippen LogP contribution in [0.25, 0.3) is 0 Å². The number of nitrogens with one attached hydrogen (secondary N) is 1. The first kappa shape index (κ1) is 16.7. The summed E-state index contributed by atoms with van der Waals surface area (Å²) in [6.07, 6.45) is 0. The molecule has 118 valence electrons. The lowest BCUT2D eigenvalue weighted by Crippen LogP contribution is -2.12. The average Bonchev–Trinajstić information content (AvgIpc) is 2.53. The van der Waals surface area contributed by atoms with Gasteiger partial charge in [0.1, 0.15) is 6.61 Å². The van der Waals surface area contributed by atoms with E-state index in [4.69, 9.17) is 21.1 Å². The topological polar surface area (TPSA) is 30.5 Å². The van der Waals surface area contributed by atoms with E-state index in [-0.39, 0.29) is 0 Å². The molecule has 0 aliphatic carbocycles. The molecule has 0 atom stereocenters. The van der Waals surface area contributed by atoms with Crippen LogP contribution in [0.3, 0.4) is 0 Å². The van der Waals surface area contributed by atoms with Crippen LogP contribution < -0.4 is 14.8 Å². The molecule has 0 saturated heterocycles. The van der Waals surface area contributed by atoms with E-state index >= 15 is 0 Å². The lowest BCUT2D eigenvalue weighted by Gasteiger charge is -2.14. The van der Waals surface area contributed by atoms with Gasteiger partial charge in [-0.2, -0.15) is 0 Å². The Bertz CT molecular complexity index is 601. The summed E-state index contributed by atoms with van der Waals surface area (Å²) >= 11 is 6.15. The molecule has 0 bridgehead atoms. The summed E-state index contributed by atoms with van der Waals surface area (Å²) < 4.78 is 11.6. The summed E-state index contributed by atoms with van der Waals surface area (Å²) in [4.78, 5) is 0. The Morgan fingerprint density at radius 3 is 2.55 bits per heavy atom. The molecule has 0 saturated carbocycles.